The first-order chi connectivity index (χ1) is 10.0. The summed E-state index contributed by atoms with van der Waals surface area (Å²) in [7, 11) is 0. The van der Waals surface area contributed by atoms with Crippen molar-refractivity contribution in [2.45, 2.75) is 32.6 Å². The van der Waals surface area contributed by atoms with Crippen molar-refractivity contribution in [3.8, 4) is 0 Å². The van der Waals surface area contributed by atoms with Crippen LogP contribution in [0.25, 0.3) is 0 Å². The molecule has 1 N–H and O–H groups in total. The monoisotopic (exact) mass is 324 g/mol. The number of nitrogens with zero attached hydrogens (tertiary/aromatic N) is 1. The third kappa shape index (κ3) is 3.09. The fourth-order valence-corrected chi connectivity index (χ4v) is 4.21. The maximum Gasteiger partial charge on any atom is 0.272 e. The topological polar surface area (TPSA) is 41.5 Å². The highest BCUT2D eigenvalue weighted by Gasteiger charge is 2.40. The van der Waals surface area contributed by atoms with Crippen LogP contribution in [0.15, 0.2) is 23.3 Å². The number of carbonyl (C=O) groups excluding carboxylic acids is 1. The van der Waals surface area contributed by atoms with E-state index in [1.165, 1.54) is 25.7 Å². The molecule has 0 spiro atoms. The van der Waals surface area contributed by atoms with Gasteiger partial charge in [-0.25, -0.2) is 5.43 Å². The summed E-state index contributed by atoms with van der Waals surface area (Å²) in [5.74, 6) is 1.87. The number of hydrogen-bond donors (Lipinski definition) is 1. The number of hydrogen-bond acceptors (Lipinski definition) is 2. The van der Waals surface area contributed by atoms with Crippen LogP contribution in [-0.2, 0) is 0 Å². The number of hydrazone groups is 1. The van der Waals surface area contributed by atoms with Crippen molar-refractivity contribution >= 4 is 34.8 Å². The van der Waals surface area contributed by atoms with Gasteiger partial charge in [-0.3, -0.25) is 4.79 Å². The lowest BCUT2D eigenvalue weighted by Gasteiger charge is -2.21. The highest BCUT2D eigenvalue weighted by molar-refractivity contribution is 6.36. The molecule has 112 valence electrons. The van der Waals surface area contributed by atoms with Crippen LogP contribution in [0.2, 0.25) is 10.0 Å². The molecule has 2 saturated carbocycles. The van der Waals surface area contributed by atoms with Gasteiger partial charge in [-0.05, 0) is 56.2 Å². The highest BCUT2D eigenvalue weighted by atomic mass is 35.5. The molecule has 3 atom stereocenters. The summed E-state index contributed by atoms with van der Waals surface area (Å²) in [6.45, 7) is 2.01. The molecule has 2 aliphatic rings. The molecule has 0 aromatic heterocycles. The predicted octanol–water partition coefficient (Wildman–Crippen LogP) is 4.54. The maximum absolute atomic E-state index is 12.1. The highest BCUT2D eigenvalue weighted by Crippen LogP contribution is 2.48. The van der Waals surface area contributed by atoms with Gasteiger partial charge in [0.15, 0.2) is 0 Å². The zero-order chi connectivity index (χ0) is 15.0. The van der Waals surface area contributed by atoms with Gasteiger partial charge in [0.05, 0.1) is 10.6 Å². The van der Waals surface area contributed by atoms with E-state index in [2.05, 4.69) is 10.5 Å². The Kier molecular flexibility index (Phi) is 4.23. The molecule has 2 aliphatic carbocycles. The molecule has 0 saturated heterocycles. The van der Waals surface area contributed by atoms with Gasteiger partial charge in [-0.2, -0.15) is 5.10 Å². The summed E-state index contributed by atoms with van der Waals surface area (Å²) in [6, 6.07) is 4.82. The third-order valence-electron chi connectivity index (χ3n) is 4.78. The lowest BCUT2D eigenvalue weighted by atomic mass is 9.86. The van der Waals surface area contributed by atoms with Gasteiger partial charge in [-0.15, -0.1) is 0 Å². The molecule has 1 aromatic rings. The Morgan fingerprint density at radius 1 is 1.29 bits per heavy atom. The zero-order valence-corrected chi connectivity index (χ0v) is 13.4. The van der Waals surface area contributed by atoms with Crippen LogP contribution in [0.5, 0.6) is 0 Å². The van der Waals surface area contributed by atoms with E-state index in [4.69, 9.17) is 23.2 Å². The van der Waals surface area contributed by atoms with E-state index in [0.717, 1.165) is 17.5 Å². The van der Waals surface area contributed by atoms with Gasteiger partial charge in [0.2, 0.25) is 0 Å². The molecular weight excluding hydrogens is 307 g/mol. The van der Waals surface area contributed by atoms with E-state index in [0.29, 0.717) is 21.5 Å². The average molecular weight is 325 g/mol. The maximum atomic E-state index is 12.1. The first kappa shape index (κ1) is 14.9. The molecule has 1 amide bonds. The summed E-state index contributed by atoms with van der Waals surface area (Å²) in [6.07, 6.45) is 5.21. The lowest BCUT2D eigenvalue weighted by Crippen LogP contribution is -2.24. The van der Waals surface area contributed by atoms with E-state index < -0.39 is 0 Å². The molecule has 21 heavy (non-hydrogen) atoms. The van der Waals surface area contributed by atoms with Gasteiger partial charge in [0.1, 0.15) is 0 Å². The van der Waals surface area contributed by atoms with Crippen LogP contribution >= 0.6 is 23.2 Å². The van der Waals surface area contributed by atoms with Crippen molar-refractivity contribution in [2.75, 3.05) is 0 Å². The van der Waals surface area contributed by atoms with Gasteiger partial charge in [0, 0.05) is 16.7 Å². The van der Waals surface area contributed by atoms with Crippen LogP contribution in [0, 0.1) is 17.8 Å². The smallest absolute Gasteiger partial charge is 0.267 e. The van der Waals surface area contributed by atoms with E-state index in [1.807, 2.05) is 6.92 Å². The van der Waals surface area contributed by atoms with Crippen LogP contribution in [0.3, 0.4) is 0 Å². The molecule has 5 heteroatoms. The van der Waals surface area contributed by atoms with E-state index in [-0.39, 0.29) is 5.91 Å². The first-order valence-electron chi connectivity index (χ1n) is 7.34. The van der Waals surface area contributed by atoms with Crippen LogP contribution in [-0.4, -0.2) is 11.6 Å². The minimum absolute atomic E-state index is 0.292. The number of amides is 1. The number of fused-ring (bicyclic) bond motifs is 2. The number of benzene rings is 1. The Labute approximate surface area is 134 Å². The Balaban J connectivity index is 1.66. The Morgan fingerprint density at radius 3 is 2.71 bits per heavy atom. The van der Waals surface area contributed by atoms with Crippen LogP contribution in [0.4, 0.5) is 0 Å². The van der Waals surface area contributed by atoms with E-state index in [9.17, 15) is 4.79 Å². The number of halogens is 2. The average Bonchev–Trinajstić information content (AvgIpc) is 3.07. The molecule has 0 radical (unpaired) electrons. The summed E-state index contributed by atoms with van der Waals surface area (Å²) >= 11 is 11.9. The van der Waals surface area contributed by atoms with Crippen molar-refractivity contribution in [1.29, 1.82) is 0 Å². The number of carbonyl (C=O) groups is 1. The van der Waals surface area contributed by atoms with Gasteiger partial charge in [0.25, 0.3) is 5.91 Å². The largest absolute Gasteiger partial charge is 0.272 e. The molecule has 3 rings (SSSR count). The fourth-order valence-electron chi connectivity index (χ4n) is 3.71. The van der Waals surface area contributed by atoms with Crippen LogP contribution in [0.1, 0.15) is 43.0 Å². The second-order valence-electron chi connectivity index (χ2n) is 6.10. The molecular formula is C16H18Cl2N2O. The SMILES string of the molecule is C/C(=N/NC(=O)c1ccc(Cl)cc1Cl)[C@H]1C[C@@H]2CC[C@@H]1C2. The molecule has 0 aliphatic heterocycles. The summed E-state index contributed by atoms with van der Waals surface area (Å²) in [4.78, 5) is 12.1. The molecule has 2 fully saturated rings. The zero-order valence-electron chi connectivity index (χ0n) is 11.9. The molecule has 3 nitrogen and oxygen atoms in total. The Hall–Kier alpha value is -1.06. The van der Waals surface area contributed by atoms with Gasteiger partial charge < -0.3 is 0 Å². The van der Waals surface area contributed by atoms with Crippen molar-refractivity contribution in [3.05, 3.63) is 33.8 Å². The predicted molar refractivity (Wildman–Crippen MR) is 86.0 cm³/mol. The number of nitrogens with one attached hydrogen (secondary N) is 1. The fraction of sp³-hybridized carbons (Fsp3) is 0.500. The van der Waals surface area contributed by atoms with Crippen molar-refractivity contribution < 1.29 is 4.79 Å². The number of rotatable bonds is 3. The summed E-state index contributed by atoms with van der Waals surface area (Å²) < 4.78 is 0. The van der Waals surface area contributed by atoms with Crippen LogP contribution < -0.4 is 5.43 Å². The lowest BCUT2D eigenvalue weighted by molar-refractivity contribution is 0.0954. The Morgan fingerprint density at radius 2 is 2.10 bits per heavy atom. The third-order valence-corrected chi connectivity index (χ3v) is 5.33. The van der Waals surface area contributed by atoms with Crippen molar-refractivity contribution in [2.24, 2.45) is 22.9 Å². The van der Waals surface area contributed by atoms with Crippen molar-refractivity contribution in [1.82, 2.24) is 5.43 Å². The summed E-state index contributed by atoms with van der Waals surface area (Å²) in [5, 5.41) is 5.14. The van der Waals surface area contributed by atoms with Gasteiger partial charge >= 0.3 is 0 Å². The van der Waals surface area contributed by atoms with E-state index >= 15 is 0 Å². The Bertz CT molecular complexity index is 600. The summed E-state index contributed by atoms with van der Waals surface area (Å²) in [5.41, 5.74) is 4.04. The first-order valence-corrected chi connectivity index (χ1v) is 8.09. The van der Waals surface area contributed by atoms with Crippen molar-refractivity contribution in [3.63, 3.8) is 0 Å². The molecule has 1 aromatic carbocycles. The standard InChI is InChI=1S/C16H18Cl2N2O/c1-9(14-7-10-2-3-11(14)6-10)19-20-16(21)13-5-4-12(17)8-15(13)18/h4-5,8,10-11,14H,2-3,6-7H2,1H3,(H,20,21)/b19-9-/t10-,11-,14-/m1/s1. The second kappa shape index (κ2) is 5.98. The normalized spacial score (nSPS) is 28.0. The molecule has 2 bridgehead atoms. The molecule has 0 heterocycles. The molecule has 0 unspecified atom stereocenters. The minimum atomic E-state index is -0.292. The minimum Gasteiger partial charge on any atom is -0.267 e. The van der Waals surface area contributed by atoms with E-state index in [1.54, 1.807) is 18.2 Å². The second-order valence-corrected chi connectivity index (χ2v) is 6.94. The quantitative estimate of drug-likeness (QED) is 0.643. The van der Waals surface area contributed by atoms with Gasteiger partial charge in [-0.1, -0.05) is 29.6 Å².